The summed E-state index contributed by atoms with van der Waals surface area (Å²) >= 11 is 0. The Bertz CT molecular complexity index is 766. The fourth-order valence-electron chi connectivity index (χ4n) is 2.46. The zero-order chi connectivity index (χ0) is 15.4. The van der Waals surface area contributed by atoms with Crippen molar-refractivity contribution >= 4 is 0 Å². The van der Waals surface area contributed by atoms with E-state index in [9.17, 15) is 4.39 Å². The zero-order valence-electron chi connectivity index (χ0n) is 12.4. The molecule has 0 unspecified atom stereocenters. The quantitative estimate of drug-likeness (QED) is 0.627. The van der Waals surface area contributed by atoms with Crippen molar-refractivity contribution in [2.24, 2.45) is 0 Å². The van der Waals surface area contributed by atoms with Crippen LogP contribution >= 0.6 is 0 Å². The maximum Gasteiger partial charge on any atom is 0.123 e. The Hall–Kier alpha value is -2.61. The van der Waals surface area contributed by atoms with Crippen LogP contribution in [0.5, 0.6) is 5.75 Å². The summed E-state index contributed by atoms with van der Waals surface area (Å²) in [7, 11) is 0. The molecule has 0 aromatic heterocycles. The van der Waals surface area contributed by atoms with Gasteiger partial charge in [-0.3, -0.25) is 0 Å². The molecule has 3 rings (SSSR count). The summed E-state index contributed by atoms with van der Waals surface area (Å²) in [6.45, 7) is 2.43. The standard InChI is InChI=1S/C20H17FO/c1-15-12-18(21)10-11-20(15)17-7-5-6-16(13-17)14-22-19-8-3-2-4-9-19/h2-13H,14H2,1H3. The summed E-state index contributed by atoms with van der Waals surface area (Å²) in [6.07, 6.45) is 0. The van der Waals surface area contributed by atoms with Gasteiger partial charge in [0.1, 0.15) is 18.2 Å². The van der Waals surface area contributed by atoms with Crippen LogP contribution in [0.15, 0.2) is 72.8 Å². The molecular formula is C20H17FO. The second-order valence-corrected chi connectivity index (χ2v) is 5.26. The first-order valence-electron chi connectivity index (χ1n) is 7.26. The Kier molecular flexibility index (Phi) is 4.19. The number of ether oxygens (including phenoxy) is 1. The van der Waals surface area contributed by atoms with Gasteiger partial charge in [0, 0.05) is 0 Å². The Labute approximate surface area is 130 Å². The van der Waals surface area contributed by atoms with E-state index < -0.39 is 0 Å². The SMILES string of the molecule is Cc1cc(F)ccc1-c1cccc(COc2ccccc2)c1. The molecule has 0 N–H and O–H groups in total. The van der Waals surface area contributed by atoms with E-state index in [0.29, 0.717) is 6.61 Å². The second-order valence-electron chi connectivity index (χ2n) is 5.26. The predicted molar refractivity (Wildman–Crippen MR) is 87.3 cm³/mol. The molecule has 0 aliphatic carbocycles. The molecule has 110 valence electrons. The lowest BCUT2D eigenvalue weighted by Crippen LogP contribution is -1.95. The monoisotopic (exact) mass is 292 g/mol. The average Bonchev–Trinajstić information content (AvgIpc) is 2.54. The minimum atomic E-state index is -0.204. The van der Waals surface area contributed by atoms with Crippen molar-refractivity contribution in [2.75, 3.05) is 0 Å². The number of hydrogen-bond acceptors (Lipinski definition) is 1. The van der Waals surface area contributed by atoms with E-state index in [4.69, 9.17) is 4.74 Å². The van der Waals surface area contributed by atoms with E-state index in [1.807, 2.05) is 61.5 Å². The van der Waals surface area contributed by atoms with Crippen LogP contribution in [0.2, 0.25) is 0 Å². The summed E-state index contributed by atoms with van der Waals surface area (Å²) in [5.74, 6) is 0.649. The number of hydrogen-bond donors (Lipinski definition) is 0. The van der Waals surface area contributed by atoms with Crippen molar-refractivity contribution in [3.63, 3.8) is 0 Å². The van der Waals surface area contributed by atoms with Gasteiger partial charge in [-0.05, 0) is 59.5 Å². The maximum atomic E-state index is 13.2. The summed E-state index contributed by atoms with van der Waals surface area (Å²) < 4.78 is 19.0. The molecule has 0 amide bonds. The third-order valence-electron chi connectivity index (χ3n) is 3.58. The first-order valence-corrected chi connectivity index (χ1v) is 7.26. The summed E-state index contributed by atoms with van der Waals surface area (Å²) in [5, 5.41) is 0. The number of para-hydroxylation sites is 1. The Morgan fingerprint density at radius 2 is 1.68 bits per heavy atom. The molecule has 0 aliphatic heterocycles. The van der Waals surface area contributed by atoms with Crippen molar-refractivity contribution in [3.05, 3.63) is 89.7 Å². The van der Waals surface area contributed by atoms with E-state index in [-0.39, 0.29) is 5.82 Å². The molecule has 0 aliphatic rings. The summed E-state index contributed by atoms with van der Waals surface area (Å²) in [4.78, 5) is 0. The van der Waals surface area contributed by atoms with Gasteiger partial charge in [-0.2, -0.15) is 0 Å². The number of aryl methyl sites for hydroxylation is 1. The third-order valence-corrected chi connectivity index (χ3v) is 3.58. The molecule has 0 radical (unpaired) electrons. The van der Waals surface area contributed by atoms with Crippen molar-refractivity contribution < 1.29 is 9.13 Å². The van der Waals surface area contributed by atoms with Gasteiger partial charge in [-0.25, -0.2) is 4.39 Å². The molecule has 0 heterocycles. The van der Waals surface area contributed by atoms with Crippen molar-refractivity contribution in [1.82, 2.24) is 0 Å². The van der Waals surface area contributed by atoms with Crippen LogP contribution in [0.1, 0.15) is 11.1 Å². The lowest BCUT2D eigenvalue weighted by molar-refractivity contribution is 0.306. The van der Waals surface area contributed by atoms with Gasteiger partial charge in [-0.1, -0.05) is 42.5 Å². The van der Waals surface area contributed by atoms with Gasteiger partial charge < -0.3 is 4.74 Å². The highest BCUT2D eigenvalue weighted by molar-refractivity contribution is 5.67. The second kappa shape index (κ2) is 6.44. The molecule has 0 saturated carbocycles. The van der Waals surface area contributed by atoms with E-state index in [1.54, 1.807) is 6.07 Å². The molecular weight excluding hydrogens is 275 g/mol. The molecule has 0 spiro atoms. The number of halogens is 1. The lowest BCUT2D eigenvalue weighted by atomic mass is 9.99. The molecule has 0 bridgehead atoms. The molecule has 3 aromatic rings. The van der Waals surface area contributed by atoms with Crippen LogP contribution < -0.4 is 4.74 Å². The van der Waals surface area contributed by atoms with Gasteiger partial charge in [0.15, 0.2) is 0 Å². The lowest BCUT2D eigenvalue weighted by Gasteiger charge is -2.10. The van der Waals surface area contributed by atoms with E-state index in [1.165, 1.54) is 6.07 Å². The first kappa shape index (κ1) is 14.3. The fourth-order valence-corrected chi connectivity index (χ4v) is 2.46. The van der Waals surface area contributed by atoms with E-state index >= 15 is 0 Å². The highest BCUT2D eigenvalue weighted by Crippen LogP contribution is 2.25. The topological polar surface area (TPSA) is 9.23 Å². The average molecular weight is 292 g/mol. The third kappa shape index (κ3) is 3.34. The highest BCUT2D eigenvalue weighted by Gasteiger charge is 2.04. The fraction of sp³-hybridized carbons (Fsp3) is 0.100. The minimum absolute atomic E-state index is 0.204. The smallest absolute Gasteiger partial charge is 0.123 e. The largest absolute Gasteiger partial charge is 0.489 e. The molecule has 3 aromatic carbocycles. The van der Waals surface area contributed by atoms with Gasteiger partial charge in [-0.15, -0.1) is 0 Å². The summed E-state index contributed by atoms with van der Waals surface area (Å²) in [5.41, 5.74) is 4.14. The first-order chi connectivity index (χ1) is 10.7. The molecule has 2 heteroatoms. The number of benzene rings is 3. The Morgan fingerprint density at radius 3 is 2.45 bits per heavy atom. The maximum absolute atomic E-state index is 13.2. The predicted octanol–water partition coefficient (Wildman–Crippen LogP) is 5.38. The van der Waals surface area contributed by atoms with Crippen LogP contribution in [-0.4, -0.2) is 0 Å². The van der Waals surface area contributed by atoms with Crippen LogP contribution in [-0.2, 0) is 6.61 Å². The van der Waals surface area contributed by atoms with Crippen molar-refractivity contribution in [3.8, 4) is 16.9 Å². The van der Waals surface area contributed by atoms with Crippen LogP contribution in [0, 0.1) is 12.7 Å². The van der Waals surface area contributed by atoms with Gasteiger partial charge in [0.05, 0.1) is 0 Å². The normalized spacial score (nSPS) is 10.5. The van der Waals surface area contributed by atoms with Crippen molar-refractivity contribution in [2.45, 2.75) is 13.5 Å². The van der Waals surface area contributed by atoms with Crippen LogP contribution in [0.4, 0.5) is 4.39 Å². The van der Waals surface area contributed by atoms with Crippen molar-refractivity contribution in [1.29, 1.82) is 0 Å². The number of rotatable bonds is 4. The van der Waals surface area contributed by atoms with Gasteiger partial charge in [0.25, 0.3) is 0 Å². The molecule has 1 nitrogen and oxygen atoms in total. The summed E-state index contributed by atoms with van der Waals surface area (Å²) in [6, 6.07) is 22.8. The van der Waals surface area contributed by atoms with Gasteiger partial charge in [0.2, 0.25) is 0 Å². The highest BCUT2D eigenvalue weighted by atomic mass is 19.1. The Balaban J connectivity index is 1.80. The molecule has 22 heavy (non-hydrogen) atoms. The molecule has 0 fully saturated rings. The van der Waals surface area contributed by atoms with E-state index in [2.05, 4.69) is 6.07 Å². The molecule has 0 atom stereocenters. The van der Waals surface area contributed by atoms with E-state index in [0.717, 1.165) is 28.0 Å². The Morgan fingerprint density at radius 1 is 0.864 bits per heavy atom. The van der Waals surface area contributed by atoms with Crippen LogP contribution in [0.3, 0.4) is 0 Å². The zero-order valence-corrected chi connectivity index (χ0v) is 12.4. The van der Waals surface area contributed by atoms with Crippen LogP contribution in [0.25, 0.3) is 11.1 Å². The van der Waals surface area contributed by atoms with Gasteiger partial charge >= 0.3 is 0 Å². The minimum Gasteiger partial charge on any atom is -0.489 e. The molecule has 0 saturated heterocycles.